The average Bonchev–Trinajstić information content (AvgIpc) is 2.85. The second-order valence-electron chi connectivity index (χ2n) is 3.95. The van der Waals surface area contributed by atoms with Crippen LogP contribution in [0, 0.1) is 12.3 Å². The number of aromatic nitrogens is 2. The Bertz CT molecular complexity index is 616. The van der Waals surface area contributed by atoms with Gasteiger partial charge in [-0.3, -0.25) is 9.89 Å². The highest BCUT2D eigenvalue weighted by molar-refractivity contribution is 7.97. The molecule has 0 bridgehead atoms. The molecule has 19 heavy (non-hydrogen) atoms. The van der Waals surface area contributed by atoms with Crippen molar-refractivity contribution < 1.29 is 4.79 Å². The third-order valence-corrected chi connectivity index (χ3v) is 3.42. The number of amides is 1. The van der Waals surface area contributed by atoms with Crippen molar-refractivity contribution >= 4 is 28.8 Å². The van der Waals surface area contributed by atoms with Crippen molar-refractivity contribution in [2.45, 2.75) is 4.90 Å². The number of hydrogen-bond acceptors (Lipinski definition) is 4. The van der Waals surface area contributed by atoms with Gasteiger partial charge in [-0.05, 0) is 25.1 Å². The average molecular weight is 274 g/mol. The maximum Gasteiger partial charge on any atom is 0.235 e. The molecule has 0 aliphatic carbocycles. The summed E-state index contributed by atoms with van der Waals surface area (Å²) in [7, 11) is 1.86. The van der Waals surface area contributed by atoms with E-state index in [-0.39, 0.29) is 19.0 Å². The first-order valence-electron chi connectivity index (χ1n) is 5.72. The molecule has 0 aliphatic heterocycles. The molecular formula is C13H14N4OS. The standard InChI is InChI=1S/C13H14N4OS/c1-3-7-14-12(18)9-17(2)19-11-6-4-5-10-8-15-16-13(10)11/h1,4-6,8H,7,9H2,2H3,(H,14,18)(H,15,16). The van der Waals surface area contributed by atoms with Gasteiger partial charge >= 0.3 is 0 Å². The number of rotatable bonds is 5. The lowest BCUT2D eigenvalue weighted by Gasteiger charge is -2.14. The number of H-pyrrole nitrogens is 1. The quantitative estimate of drug-likeness (QED) is 0.636. The molecule has 98 valence electrons. The van der Waals surface area contributed by atoms with Gasteiger partial charge in [-0.1, -0.05) is 18.1 Å². The van der Waals surface area contributed by atoms with Crippen LogP contribution in [0.1, 0.15) is 0 Å². The number of hydrogen-bond donors (Lipinski definition) is 2. The number of carbonyl (C=O) groups is 1. The summed E-state index contributed by atoms with van der Waals surface area (Å²) in [6.07, 6.45) is 6.86. The number of aromatic amines is 1. The normalized spacial score (nSPS) is 10.6. The zero-order valence-electron chi connectivity index (χ0n) is 10.5. The van der Waals surface area contributed by atoms with Crippen LogP contribution in [0.25, 0.3) is 10.9 Å². The van der Waals surface area contributed by atoms with E-state index >= 15 is 0 Å². The molecule has 1 heterocycles. The first kappa shape index (κ1) is 13.5. The minimum absolute atomic E-state index is 0.0928. The van der Waals surface area contributed by atoms with Crippen molar-refractivity contribution in [2.24, 2.45) is 0 Å². The van der Waals surface area contributed by atoms with E-state index < -0.39 is 0 Å². The van der Waals surface area contributed by atoms with Gasteiger partial charge in [0, 0.05) is 10.3 Å². The van der Waals surface area contributed by atoms with Crippen LogP contribution >= 0.6 is 11.9 Å². The molecule has 0 saturated heterocycles. The van der Waals surface area contributed by atoms with Crippen molar-refractivity contribution in [2.75, 3.05) is 20.1 Å². The molecule has 0 saturated carbocycles. The van der Waals surface area contributed by atoms with Gasteiger partial charge in [0.2, 0.25) is 5.91 Å². The first-order valence-corrected chi connectivity index (χ1v) is 6.49. The Morgan fingerprint density at radius 2 is 2.47 bits per heavy atom. The summed E-state index contributed by atoms with van der Waals surface area (Å²) in [5.41, 5.74) is 0.975. The van der Waals surface area contributed by atoms with E-state index in [1.54, 1.807) is 6.20 Å². The van der Waals surface area contributed by atoms with Crippen LogP contribution in [0.2, 0.25) is 0 Å². The molecule has 0 unspecified atom stereocenters. The highest BCUT2D eigenvalue weighted by atomic mass is 32.2. The molecule has 2 rings (SSSR count). The molecule has 0 aliphatic rings. The van der Waals surface area contributed by atoms with Gasteiger partial charge in [0.1, 0.15) is 0 Å². The fourth-order valence-electron chi connectivity index (χ4n) is 1.63. The molecule has 0 spiro atoms. The number of benzene rings is 1. The summed E-state index contributed by atoms with van der Waals surface area (Å²) >= 11 is 1.49. The Kier molecular flexibility index (Phi) is 4.44. The monoisotopic (exact) mass is 274 g/mol. The topological polar surface area (TPSA) is 61.0 Å². The van der Waals surface area contributed by atoms with Gasteiger partial charge in [0.15, 0.2) is 0 Å². The van der Waals surface area contributed by atoms with E-state index in [0.29, 0.717) is 0 Å². The molecule has 2 aromatic rings. The Morgan fingerprint density at radius 1 is 1.63 bits per heavy atom. The zero-order valence-corrected chi connectivity index (χ0v) is 11.3. The molecule has 5 nitrogen and oxygen atoms in total. The van der Waals surface area contributed by atoms with Gasteiger partial charge in [-0.15, -0.1) is 6.42 Å². The van der Waals surface area contributed by atoms with E-state index in [1.165, 1.54) is 11.9 Å². The summed E-state index contributed by atoms with van der Waals surface area (Å²) in [6.45, 7) is 0.532. The molecule has 0 fully saturated rings. The fourth-order valence-corrected chi connectivity index (χ4v) is 2.54. The van der Waals surface area contributed by atoms with Crippen LogP contribution in [0.15, 0.2) is 29.3 Å². The second-order valence-corrected chi connectivity index (χ2v) is 5.19. The predicted octanol–water partition coefficient (Wildman–Crippen LogP) is 1.25. The second kappa shape index (κ2) is 6.27. The first-order chi connectivity index (χ1) is 9.20. The van der Waals surface area contributed by atoms with Gasteiger partial charge in [0.05, 0.1) is 24.8 Å². The van der Waals surface area contributed by atoms with Crippen LogP contribution in [-0.4, -0.2) is 40.5 Å². The van der Waals surface area contributed by atoms with E-state index in [2.05, 4.69) is 21.4 Å². The highest BCUT2D eigenvalue weighted by Crippen LogP contribution is 2.27. The van der Waals surface area contributed by atoms with E-state index in [0.717, 1.165) is 15.8 Å². The summed E-state index contributed by atoms with van der Waals surface area (Å²) in [6, 6.07) is 5.94. The van der Waals surface area contributed by atoms with Gasteiger partial charge in [0.25, 0.3) is 0 Å². The molecular weight excluding hydrogens is 260 g/mol. The number of para-hydroxylation sites is 1. The van der Waals surface area contributed by atoms with E-state index in [9.17, 15) is 4.79 Å². The summed E-state index contributed by atoms with van der Waals surface area (Å²) in [4.78, 5) is 12.6. The van der Waals surface area contributed by atoms with Crippen molar-refractivity contribution in [3.63, 3.8) is 0 Å². The van der Waals surface area contributed by atoms with Crippen molar-refractivity contribution in [1.82, 2.24) is 19.8 Å². The summed E-state index contributed by atoms with van der Waals surface area (Å²) in [5, 5.41) is 10.7. The number of carbonyl (C=O) groups excluding carboxylic acids is 1. The van der Waals surface area contributed by atoms with Crippen LogP contribution in [0.3, 0.4) is 0 Å². The lowest BCUT2D eigenvalue weighted by atomic mass is 10.3. The van der Waals surface area contributed by atoms with Crippen molar-refractivity contribution in [3.05, 3.63) is 24.4 Å². The predicted molar refractivity (Wildman–Crippen MR) is 76.4 cm³/mol. The molecule has 6 heteroatoms. The van der Waals surface area contributed by atoms with Crippen molar-refractivity contribution in [1.29, 1.82) is 0 Å². The van der Waals surface area contributed by atoms with Crippen LogP contribution < -0.4 is 5.32 Å². The number of nitrogens with zero attached hydrogens (tertiary/aromatic N) is 2. The SMILES string of the molecule is C#CCNC(=O)CN(C)Sc1cccc2cn[nH]c12. The van der Waals surface area contributed by atoms with Gasteiger partial charge in [-0.2, -0.15) is 5.10 Å². The van der Waals surface area contributed by atoms with E-state index in [4.69, 9.17) is 6.42 Å². The van der Waals surface area contributed by atoms with Crippen LogP contribution in [0.4, 0.5) is 0 Å². The number of nitrogens with one attached hydrogen (secondary N) is 2. The molecule has 0 radical (unpaired) electrons. The maximum atomic E-state index is 11.5. The van der Waals surface area contributed by atoms with E-state index in [1.807, 2.05) is 29.6 Å². The molecule has 1 amide bonds. The van der Waals surface area contributed by atoms with Crippen molar-refractivity contribution in [3.8, 4) is 12.3 Å². The maximum absolute atomic E-state index is 11.5. The number of likely N-dealkylation sites (N-methyl/N-ethyl adjacent to an activating group) is 1. The Labute approximate surface area is 115 Å². The fraction of sp³-hybridized carbons (Fsp3) is 0.231. The smallest absolute Gasteiger partial charge is 0.235 e. The number of terminal acetylenes is 1. The van der Waals surface area contributed by atoms with Gasteiger partial charge in [-0.25, -0.2) is 4.31 Å². The summed E-state index contributed by atoms with van der Waals surface area (Å²) < 4.78 is 1.85. The lowest BCUT2D eigenvalue weighted by Crippen LogP contribution is -2.32. The number of fused-ring (bicyclic) bond motifs is 1. The molecule has 0 atom stereocenters. The van der Waals surface area contributed by atoms with Crippen LogP contribution in [0.5, 0.6) is 0 Å². The Morgan fingerprint density at radius 3 is 3.26 bits per heavy atom. The minimum Gasteiger partial charge on any atom is -0.344 e. The zero-order chi connectivity index (χ0) is 13.7. The third-order valence-electron chi connectivity index (χ3n) is 2.45. The largest absolute Gasteiger partial charge is 0.344 e. The lowest BCUT2D eigenvalue weighted by molar-refractivity contribution is -0.120. The summed E-state index contributed by atoms with van der Waals surface area (Å²) in [5.74, 6) is 2.28. The van der Waals surface area contributed by atoms with Crippen LogP contribution in [-0.2, 0) is 4.79 Å². The molecule has 1 aromatic carbocycles. The van der Waals surface area contributed by atoms with Gasteiger partial charge < -0.3 is 5.32 Å². The molecule has 2 N–H and O–H groups in total. The Hall–Kier alpha value is -1.97. The minimum atomic E-state index is -0.0928. The Balaban J connectivity index is 1.99. The molecule has 1 aromatic heterocycles. The third kappa shape index (κ3) is 3.50. The highest BCUT2D eigenvalue weighted by Gasteiger charge is 2.10.